The molecule has 0 aromatic heterocycles. The number of nitrogens with zero attached hydrogens (tertiary/aromatic N) is 2. The smallest absolute Gasteiger partial charge is 0.204 e. The highest BCUT2D eigenvalue weighted by atomic mass is 16.5. The number of rotatable bonds is 13. The lowest BCUT2D eigenvalue weighted by molar-refractivity contribution is -0.448. The minimum Gasteiger partial charge on any atom is -0.491 e. The lowest BCUT2D eigenvalue weighted by atomic mass is 9.77. The van der Waals surface area contributed by atoms with Crippen LogP contribution < -0.4 is 14.4 Å². The molecule has 218 valence electrons. The molecule has 1 aliphatic rings. The van der Waals surface area contributed by atoms with Crippen molar-refractivity contribution in [3.8, 4) is 11.5 Å². The highest BCUT2D eigenvalue weighted by Gasteiger charge is 2.28. The van der Waals surface area contributed by atoms with E-state index in [4.69, 9.17) is 18.9 Å². The molecule has 1 aliphatic heterocycles. The Morgan fingerprint density at radius 2 is 1.52 bits per heavy atom. The van der Waals surface area contributed by atoms with Crippen LogP contribution in [0.15, 0.2) is 97.1 Å². The number of methoxy groups -OCH3 is 1. The molecule has 0 atom stereocenters. The zero-order chi connectivity index (χ0) is 29.4. The van der Waals surface area contributed by atoms with E-state index in [0.717, 1.165) is 35.0 Å². The third-order valence-corrected chi connectivity index (χ3v) is 7.82. The minimum absolute atomic E-state index is 0.251. The van der Waals surface area contributed by atoms with Gasteiger partial charge in [-0.2, -0.15) is 0 Å². The Morgan fingerprint density at radius 3 is 2.29 bits per heavy atom. The average molecular weight is 566 g/mol. The lowest BCUT2D eigenvalue weighted by Crippen LogP contribution is -2.32. The van der Waals surface area contributed by atoms with Gasteiger partial charge in [0.1, 0.15) is 24.8 Å². The predicted molar refractivity (Wildman–Crippen MR) is 169 cm³/mol. The zero-order valence-corrected chi connectivity index (χ0v) is 24.9. The maximum Gasteiger partial charge on any atom is 0.204 e. The summed E-state index contributed by atoms with van der Waals surface area (Å²) in [4.78, 5) is 2.26. The molecule has 0 saturated heterocycles. The normalized spacial score (nSPS) is 12.9. The second-order valence-corrected chi connectivity index (χ2v) is 11.1. The van der Waals surface area contributed by atoms with Crippen LogP contribution in [0.1, 0.15) is 36.1 Å². The molecule has 1 heterocycles. The van der Waals surface area contributed by atoms with Crippen molar-refractivity contribution in [2.45, 2.75) is 32.4 Å². The maximum absolute atomic E-state index is 6.21. The van der Waals surface area contributed by atoms with Crippen molar-refractivity contribution in [2.24, 2.45) is 0 Å². The summed E-state index contributed by atoms with van der Waals surface area (Å²) in [5, 5.41) is 0. The summed E-state index contributed by atoms with van der Waals surface area (Å²) in [5.74, 6) is 1.79. The van der Waals surface area contributed by atoms with E-state index < -0.39 is 0 Å². The van der Waals surface area contributed by atoms with E-state index in [2.05, 4.69) is 98.3 Å². The molecule has 0 radical (unpaired) electrons. The number of fused-ring (bicyclic) bond motifs is 1. The van der Waals surface area contributed by atoms with Gasteiger partial charge in [-0.15, -0.1) is 0 Å². The molecular formula is C36H41N2O4+. The number of hydrogen-bond acceptors (Lipinski definition) is 5. The number of benzene rings is 4. The molecule has 0 fully saturated rings. The summed E-state index contributed by atoms with van der Waals surface area (Å²) in [6.07, 6.45) is 0. The zero-order valence-electron chi connectivity index (χ0n) is 24.9. The summed E-state index contributed by atoms with van der Waals surface area (Å²) in [6, 6.07) is 33.7. The number of hydrogen-bond donors (Lipinski definition) is 0. The monoisotopic (exact) mass is 565 g/mol. The maximum atomic E-state index is 6.21. The summed E-state index contributed by atoms with van der Waals surface area (Å²) in [6.45, 7) is 12.9. The van der Waals surface area contributed by atoms with Crippen LogP contribution in [0.3, 0.4) is 0 Å². The van der Waals surface area contributed by atoms with Crippen LogP contribution in [-0.2, 0) is 28.0 Å². The fraction of sp³-hybridized carbons (Fsp3) is 0.306. The predicted octanol–water partition coefficient (Wildman–Crippen LogP) is 6.96. The Labute approximate surface area is 249 Å². The van der Waals surface area contributed by atoms with Crippen LogP contribution in [0, 0.1) is 0 Å². The number of para-hydroxylation sites is 2. The Bertz CT molecular complexity index is 1470. The van der Waals surface area contributed by atoms with E-state index in [0.29, 0.717) is 39.7 Å². The highest BCUT2D eigenvalue weighted by molar-refractivity contribution is 5.52. The van der Waals surface area contributed by atoms with Gasteiger partial charge < -0.3 is 23.8 Å². The molecule has 6 heteroatoms. The van der Waals surface area contributed by atoms with Crippen molar-refractivity contribution >= 4 is 18.1 Å². The fourth-order valence-electron chi connectivity index (χ4n) is 5.23. The second kappa shape index (κ2) is 13.7. The summed E-state index contributed by atoms with van der Waals surface area (Å²) < 4.78 is 25.0. The highest BCUT2D eigenvalue weighted by Crippen LogP contribution is 2.38. The SMILES string of the molecule is C=[N+](Cc1cc(C(C)(C)c2ccc3c(c2)CN(c2ccccc2)CO3)ccc1OCCOCCOC)c1ccccc1. The molecule has 0 amide bonds. The van der Waals surface area contributed by atoms with Gasteiger partial charge in [0.25, 0.3) is 0 Å². The molecule has 4 aromatic carbocycles. The van der Waals surface area contributed by atoms with E-state index in [1.165, 1.54) is 16.7 Å². The first-order chi connectivity index (χ1) is 20.5. The summed E-state index contributed by atoms with van der Waals surface area (Å²) in [7, 11) is 1.67. The van der Waals surface area contributed by atoms with Crippen LogP contribution >= 0.6 is 0 Å². The number of ether oxygens (including phenoxy) is 4. The van der Waals surface area contributed by atoms with Gasteiger partial charge in [-0.1, -0.05) is 62.4 Å². The van der Waals surface area contributed by atoms with Crippen LogP contribution in [-0.4, -0.2) is 51.6 Å². The topological polar surface area (TPSA) is 43.2 Å². The Hall–Kier alpha value is -4.13. The average Bonchev–Trinajstić information content (AvgIpc) is 3.03. The van der Waals surface area contributed by atoms with E-state index in [1.807, 2.05) is 28.8 Å². The van der Waals surface area contributed by atoms with E-state index in [9.17, 15) is 0 Å². The largest absolute Gasteiger partial charge is 0.491 e. The molecule has 5 rings (SSSR count). The third-order valence-electron chi connectivity index (χ3n) is 7.82. The molecule has 0 aliphatic carbocycles. The first-order valence-corrected chi connectivity index (χ1v) is 14.5. The third kappa shape index (κ3) is 7.01. The van der Waals surface area contributed by atoms with Crippen LogP contribution in [0.4, 0.5) is 11.4 Å². The van der Waals surface area contributed by atoms with Crippen molar-refractivity contribution in [3.05, 3.63) is 119 Å². The van der Waals surface area contributed by atoms with Gasteiger partial charge >= 0.3 is 0 Å². The first-order valence-electron chi connectivity index (χ1n) is 14.5. The van der Waals surface area contributed by atoms with Gasteiger partial charge in [0, 0.05) is 42.5 Å². The molecule has 0 spiro atoms. The van der Waals surface area contributed by atoms with E-state index in [-0.39, 0.29) is 5.41 Å². The number of anilines is 1. The minimum atomic E-state index is -0.251. The van der Waals surface area contributed by atoms with Crippen molar-refractivity contribution in [2.75, 3.05) is 45.2 Å². The second-order valence-electron chi connectivity index (χ2n) is 11.1. The van der Waals surface area contributed by atoms with Crippen molar-refractivity contribution in [1.82, 2.24) is 0 Å². The Morgan fingerprint density at radius 1 is 0.833 bits per heavy atom. The summed E-state index contributed by atoms with van der Waals surface area (Å²) in [5.41, 5.74) is 6.67. The van der Waals surface area contributed by atoms with Crippen molar-refractivity contribution < 1.29 is 23.5 Å². The standard InChI is InChI=1S/C36H41N2O4/c1-36(2,31-16-18-35-29(24-31)26-38(27-42-35)33-13-9-6-10-14-33)30-15-17-34(41-22-21-40-20-19-39-4)28(23-30)25-37(3)32-11-7-5-8-12-32/h5-18,23-24H,3,19-22,25-27H2,1-2,4H3/q+1. The van der Waals surface area contributed by atoms with Gasteiger partial charge in [0.05, 0.1) is 25.4 Å². The Kier molecular flexibility index (Phi) is 9.57. The Balaban J connectivity index is 1.39. The van der Waals surface area contributed by atoms with Gasteiger partial charge in [0.2, 0.25) is 5.69 Å². The van der Waals surface area contributed by atoms with Gasteiger partial charge in [-0.05, 0) is 47.5 Å². The first kappa shape index (κ1) is 29.4. The molecule has 0 bridgehead atoms. The molecule has 6 nitrogen and oxygen atoms in total. The summed E-state index contributed by atoms with van der Waals surface area (Å²) >= 11 is 0. The van der Waals surface area contributed by atoms with E-state index >= 15 is 0 Å². The molecule has 42 heavy (non-hydrogen) atoms. The quantitative estimate of drug-likeness (QED) is 0.0997. The molecule has 0 saturated carbocycles. The van der Waals surface area contributed by atoms with Crippen LogP contribution in [0.2, 0.25) is 0 Å². The fourth-order valence-corrected chi connectivity index (χ4v) is 5.23. The molecule has 0 N–H and O–H groups in total. The molecule has 4 aromatic rings. The van der Waals surface area contributed by atoms with Crippen LogP contribution in [0.5, 0.6) is 11.5 Å². The van der Waals surface area contributed by atoms with Crippen LogP contribution in [0.25, 0.3) is 0 Å². The lowest BCUT2D eigenvalue weighted by Gasteiger charge is -2.33. The van der Waals surface area contributed by atoms with E-state index in [1.54, 1.807) is 7.11 Å². The molecule has 0 unspecified atom stereocenters. The van der Waals surface area contributed by atoms with Gasteiger partial charge in [-0.25, -0.2) is 4.58 Å². The van der Waals surface area contributed by atoms with Gasteiger partial charge in [-0.3, -0.25) is 0 Å². The van der Waals surface area contributed by atoms with Crippen molar-refractivity contribution in [1.29, 1.82) is 0 Å². The van der Waals surface area contributed by atoms with Gasteiger partial charge in [0.15, 0.2) is 13.3 Å². The van der Waals surface area contributed by atoms with Crippen molar-refractivity contribution in [3.63, 3.8) is 0 Å². The molecular weight excluding hydrogens is 524 g/mol.